The molecule has 0 aliphatic heterocycles. The highest BCUT2D eigenvalue weighted by molar-refractivity contribution is 5.97. The van der Waals surface area contributed by atoms with Gasteiger partial charge in [-0.05, 0) is 47.2 Å². The number of hydrogen-bond acceptors (Lipinski definition) is 3. The number of fused-ring (bicyclic) bond motifs is 1. The molecule has 4 aromatic rings. The molecular formula is C26H23NO3. The molecule has 0 atom stereocenters. The second-order valence-electron chi connectivity index (χ2n) is 6.84. The molecule has 0 spiro atoms. The number of amides is 1. The lowest BCUT2D eigenvalue weighted by Gasteiger charge is -2.23. The zero-order valence-electron chi connectivity index (χ0n) is 16.6. The second kappa shape index (κ2) is 9.61. The number of nitrogens with zero attached hydrogens (tertiary/aromatic N) is 1. The van der Waals surface area contributed by atoms with Crippen molar-refractivity contribution < 1.29 is 14.3 Å². The molecule has 0 unspecified atom stereocenters. The van der Waals surface area contributed by atoms with Gasteiger partial charge in [-0.1, -0.05) is 66.7 Å². The largest absolute Gasteiger partial charge is 0.492 e. The van der Waals surface area contributed by atoms with Gasteiger partial charge in [0, 0.05) is 5.69 Å². The van der Waals surface area contributed by atoms with Gasteiger partial charge in [-0.15, -0.1) is 0 Å². The summed E-state index contributed by atoms with van der Waals surface area (Å²) in [6, 6.07) is 33.1. The Morgan fingerprint density at radius 3 is 1.97 bits per heavy atom. The molecule has 0 aromatic heterocycles. The Morgan fingerprint density at radius 1 is 0.667 bits per heavy atom. The molecule has 0 radical (unpaired) electrons. The highest BCUT2D eigenvalue weighted by atomic mass is 16.5. The minimum atomic E-state index is -0.120. The van der Waals surface area contributed by atoms with Crippen LogP contribution in [0.2, 0.25) is 0 Å². The fourth-order valence-corrected chi connectivity index (χ4v) is 3.25. The summed E-state index contributed by atoms with van der Waals surface area (Å²) >= 11 is 0. The van der Waals surface area contributed by atoms with Gasteiger partial charge in [0.15, 0.2) is 6.61 Å². The molecule has 0 bridgehead atoms. The Kier molecular flexibility index (Phi) is 6.25. The van der Waals surface area contributed by atoms with Gasteiger partial charge in [0.05, 0.1) is 6.54 Å². The summed E-state index contributed by atoms with van der Waals surface area (Å²) in [6.07, 6.45) is 0. The summed E-state index contributed by atoms with van der Waals surface area (Å²) in [7, 11) is 0. The fourth-order valence-electron chi connectivity index (χ4n) is 3.25. The lowest BCUT2D eigenvalue weighted by atomic mass is 10.1. The van der Waals surface area contributed by atoms with E-state index in [-0.39, 0.29) is 12.5 Å². The SMILES string of the molecule is O=C(COc1ccccc1)N(CCOc1ccccc1)c1ccc2ccccc2c1. The molecule has 4 nitrogen and oxygen atoms in total. The van der Waals surface area contributed by atoms with Gasteiger partial charge >= 0.3 is 0 Å². The average Bonchev–Trinajstić information content (AvgIpc) is 2.81. The summed E-state index contributed by atoms with van der Waals surface area (Å²) in [5.41, 5.74) is 0.826. The highest BCUT2D eigenvalue weighted by Gasteiger charge is 2.17. The summed E-state index contributed by atoms with van der Waals surface area (Å²) in [6.45, 7) is 0.764. The van der Waals surface area contributed by atoms with Crippen molar-refractivity contribution in [3.8, 4) is 11.5 Å². The minimum absolute atomic E-state index is 0.0395. The molecule has 4 aromatic carbocycles. The van der Waals surface area contributed by atoms with Crippen LogP contribution in [0.3, 0.4) is 0 Å². The average molecular weight is 397 g/mol. The van der Waals surface area contributed by atoms with Crippen LogP contribution in [0.1, 0.15) is 0 Å². The summed E-state index contributed by atoms with van der Waals surface area (Å²) in [5, 5.41) is 2.22. The van der Waals surface area contributed by atoms with Gasteiger partial charge in [0.1, 0.15) is 18.1 Å². The van der Waals surface area contributed by atoms with Gasteiger partial charge in [0.2, 0.25) is 0 Å². The minimum Gasteiger partial charge on any atom is -0.492 e. The normalized spacial score (nSPS) is 10.5. The van der Waals surface area contributed by atoms with E-state index in [0.29, 0.717) is 18.9 Å². The zero-order chi connectivity index (χ0) is 20.6. The van der Waals surface area contributed by atoms with Crippen molar-refractivity contribution in [1.82, 2.24) is 0 Å². The number of ether oxygens (including phenoxy) is 2. The highest BCUT2D eigenvalue weighted by Crippen LogP contribution is 2.23. The van der Waals surface area contributed by atoms with Crippen LogP contribution < -0.4 is 14.4 Å². The van der Waals surface area contributed by atoms with Gasteiger partial charge in [-0.2, -0.15) is 0 Å². The summed E-state index contributed by atoms with van der Waals surface area (Å²) in [4.78, 5) is 14.8. The number of benzene rings is 4. The maximum absolute atomic E-state index is 13.0. The molecule has 0 fully saturated rings. The first-order valence-electron chi connectivity index (χ1n) is 9.94. The van der Waals surface area contributed by atoms with Crippen LogP contribution in [0.4, 0.5) is 5.69 Å². The summed E-state index contributed by atoms with van der Waals surface area (Å²) < 4.78 is 11.5. The number of hydrogen-bond donors (Lipinski definition) is 0. The number of carbonyl (C=O) groups is 1. The molecule has 0 aliphatic carbocycles. The van der Waals surface area contributed by atoms with Crippen molar-refractivity contribution in [2.75, 3.05) is 24.7 Å². The molecular weight excluding hydrogens is 374 g/mol. The second-order valence-corrected chi connectivity index (χ2v) is 6.84. The van der Waals surface area contributed by atoms with Crippen molar-refractivity contribution in [2.24, 2.45) is 0 Å². The molecule has 30 heavy (non-hydrogen) atoms. The van der Waals surface area contributed by atoms with Gasteiger partial charge in [0.25, 0.3) is 5.91 Å². The maximum atomic E-state index is 13.0. The first-order chi connectivity index (χ1) is 14.8. The lowest BCUT2D eigenvalue weighted by Crippen LogP contribution is -2.38. The van der Waals surface area contributed by atoms with Crippen LogP contribution in [0.25, 0.3) is 10.8 Å². The Labute approximate surface area is 176 Å². The Balaban J connectivity index is 1.50. The monoisotopic (exact) mass is 397 g/mol. The number of anilines is 1. The van der Waals surface area contributed by atoms with Crippen LogP contribution in [-0.2, 0) is 4.79 Å². The van der Waals surface area contributed by atoms with E-state index < -0.39 is 0 Å². The molecule has 150 valence electrons. The van der Waals surface area contributed by atoms with Gasteiger partial charge < -0.3 is 14.4 Å². The summed E-state index contributed by atoms with van der Waals surface area (Å²) in [5.74, 6) is 1.33. The standard InChI is InChI=1S/C26H23NO3/c28-26(20-30-25-13-5-2-6-14-25)27(17-18-29-24-11-3-1-4-12-24)23-16-15-21-9-7-8-10-22(21)19-23/h1-16,19H,17-18,20H2. The van der Waals surface area contributed by atoms with Gasteiger partial charge in [-0.25, -0.2) is 0 Å². The fraction of sp³-hybridized carbons (Fsp3) is 0.115. The third-order valence-electron chi connectivity index (χ3n) is 4.78. The van der Waals surface area contributed by atoms with Crippen LogP contribution in [0, 0.1) is 0 Å². The van der Waals surface area contributed by atoms with E-state index in [1.807, 2.05) is 97.1 Å². The predicted molar refractivity (Wildman–Crippen MR) is 120 cm³/mol. The number of carbonyl (C=O) groups excluding carboxylic acids is 1. The molecule has 4 rings (SSSR count). The third kappa shape index (κ3) is 4.97. The predicted octanol–water partition coefficient (Wildman–Crippen LogP) is 5.33. The van der Waals surface area contributed by atoms with Gasteiger partial charge in [-0.3, -0.25) is 4.79 Å². The molecule has 4 heteroatoms. The van der Waals surface area contributed by atoms with Crippen molar-refractivity contribution in [1.29, 1.82) is 0 Å². The third-order valence-corrected chi connectivity index (χ3v) is 4.78. The molecule has 0 N–H and O–H groups in total. The van der Waals surface area contributed by atoms with E-state index >= 15 is 0 Å². The van der Waals surface area contributed by atoms with Crippen LogP contribution in [0.15, 0.2) is 103 Å². The van der Waals surface area contributed by atoms with E-state index in [1.54, 1.807) is 4.90 Å². The van der Waals surface area contributed by atoms with E-state index in [0.717, 1.165) is 22.2 Å². The maximum Gasteiger partial charge on any atom is 0.265 e. The van der Waals surface area contributed by atoms with E-state index in [1.165, 1.54) is 0 Å². The smallest absolute Gasteiger partial charge is 0.265 e. The van der Waals surface area contributed by atoms with Crippen molar-refractivity contribution in [3.63, 3.8) is 0 Å². The first-order valence-corrected chi connectivity index (χ1v) is 9.94. The van der Waals surface area contributed by atoms with Crippen molar-refractivity contribution in [3.05, 3.63) is 103 Å². The Bertz CT molecular complexity index is 1100. The first kappa shape index (κ1) is 19.5. The van der Waals surface area contributed by atoms with E-state index in [9.17, 15) is 4.79 Å². The molecule has 0 aliphatic rings. The van der Waals surface area contributed by atoms with Crippen molar-refractivity contribution in [2.45, 2.75) is 0 Å². The Morgan fingerprint density at radius 2 is 1.27 bits per heavy atom. The van der Waals surface area contributed by atoms with E-state index in [4.69, 9.17) is 9.47 Å². The Hall–Kier alpha value is -3.79. The zero-order valence-corrected chi connectivity index (χ0v) is 16.6. The molecule has 0 heterocycles. The number of para-hydroxylation sites is 2. The van der Waals surface area contributed by atoms with E-state index in [2.05, 4.69) is 6.07 Å². The molecule has 1 amide bonds. The van der Waals surface area contributed by atoms with Crippen LogP contribution in [-0.4, -0.2) is 25.7 Å². The quantitative estimate of drug-likeness (QED) is 0.403. The number of rotatable bonds is 8. The van der Waals surface area contributed by atoms with Crippen molar-refractivity contribution >= 4 is 22.4 Å². The van der Waals surface area contributed by atoms with Crippen LogP contribution in [0.5, 0.6) is 11.5 Å². The lowest BCUT2D eigenvalue weighted by molar-refractivity contribution is -0.120. The molecule has 0 saturated carbocycles. The topological polar surface area (TPSA) is 38.8 Å². The van der Waals surface area contributed by atoms with Crippen LogP contribution >= 0.6 is 0 Å². The molecule has 0 saturated heterocycles.